The number of H-pyrrole nitrogens is 1. The van der Waals surface area contributed by atoms with Gasteiger partial charge < -0.3 is 15.6 Å². The van der Waals surface area contributed by atoms with E-state index in [2.05, 4.69) is 15.6 Å². The molecule has 4 amide bonds. The second kappa shape index (κ2) is 6.00. The maximum Gasteiger partial charge on any atom is 0.325 e. The van der Waals surface area contributed by atoms with Crippen molar-refractivity contribution in [1.29, 1.82) is 0 Å². The van der Waals surface area contributed by atoms with E-state index in [1.54, 1.807) is 13.8 Å². The van der Waals surface area contributed by atoms with Crippen LogP contribution in [0.25, 0.3) is 0 Å². The van der Waals surface area contributed by atoms with E-state index in [1.807, 2.05) is 0 Å². The number of pyridine rings is 1. The van der Waals surface area contributed by atoms with Gasteiger partial charge in [0.15, 0.2) is 0 Å². The molecule has 0 saturated carbocycles. The van der Waals surface area contributed by atoms with Gasteiger partial charge in [0.1, 0.15) is 17.8 Å². The summed E-state index contributed by atoms with van der Waals surface area (Å²) < 4.78 is 0. The largest absolute Gasteiger partial charge is 0.366 e. The number of aromatic amines is 1. The van der Waals surface area contributed by atoms with Crippen molar-refractivity contribution in [2.24, 2.45) is 0 Å². The molecule has 1 aliphatic rings. The Bertz CT molecular complexity index is 663. The van der Waals surface area contributed by atoms with Crippen molar-refractivity contribution >= 4 is 23.5 Å². The van der Waals surface area contributed by atoms with Crippen LogP contribution < -0.4 is 16.1 Å². The predicted octanol–water partition coefficient (Wildman–Crippen LogP) is 0.424. The number of rotatable bonds is 5. The van der Waals surface area contributed by atoms with Crippen LogP contribution in [0.4, 0.5) is 10.5 Å². The highest BCUT2D eigenvalue weighted by Crippen LogP contribution is 2.24. The summed E-state index contributed by atoms with van der Waals surface area (Å²) in [6.07, 6.45) is 3.68. The average molecular weight is 306 g/mol. The Balaban J connectivity index is 2.09. The summed E-state index contributed by atoms with van der Waals surface area (Å²) in [7, 11) is 0. The van der Waals surface area contributed by atoms with Crippen LogP contribution in [-0.4, -0.2) is 39.8 Å². The summed E-state index contributed by atoms with van der Waals surface area (Å²) in [4.78, 5) is 51.3. The first-order valence-corrected chi connectivity index (χ1v) is 7.04. The van der Waals surface area contributed by atoms with Crippen LogP contribution in [0.3, 0.4) is 0 Å². The second-order valence-electron chi connectivity index (χ2n) is 5.08. The molecule has 1 aromatic heterocycles. The third-order valence-electron chi connectivity index (χ3n) is 3.85. The van der Waals surface area contributed by atoms with Crippen LogP contribution in [-0.2, 0) is 9.59 Å². The fraction of sp³-hybridized carbons (Fsp3) is 0.429. The minimum Gasteiger partial charge on any atom is -0.366 e. The Hall–Kier alpha value is -2.64. The van der Waals surface area contributed by atoms with Gasteiger partial charge in [-0.1, -0.05) is 13.8 Å². The number of hydrogen-bond donors (Lipinski definition) is 3. The van der Waals surface area contributed by atoms with Gasteiger partial charge in [0.25, 0.3) is 5.91 Å². The lowest BCUT2D eigenvalue weighted by atomic mass is 9.93. The summed E-state index contributed by atoms with van der Waals surface area (Å²) >= 11 is 0. The van der Waals surface area contributed by atoms with E-state index >= 15 is 0 Å². The first-order chi connectivity index (χ1) is 10.4. The van der Waals surface area contributed by atoms with Crippen LogP contribution in [0.2, 0.25) is 0 Å². The molecule has 1 aromatic rings. The number of amides is 4. The van der Waals surface area contributed by atoms with Gasteiger partial charge in [0.05, 0.1) is 0 Å². The number of nitrogens with one attached hydrogen (secondary N) is 3. The molecule has 2 rings (SSSR count). The van der Waals surface area contributed by atoms with Gasteiger partial charge in [-0.3, -0.25) is 19.3 Å². The standard InChI is InChI=1S/C14H18N4O4/c1-3-14(4-2)12(21)18(13(22)17-14)8-11(20)16-9-7-15-6-5-10(9)19/h5-7H,3-4,8H2,1-2H3,(H,15,19)(H,16,20)(H,17,22). The third-order valence-corrected chi connectivity index (χ3v) is 3.85. The minimum atomic E-state index is -0.943. The Kier molecular flexibility index (Phi) is 4.30. The number of nitrogens with zero attached hydrogens (tertiary/aromatic N) is 1. The minimum absolute atomic E-state index is 0.0665. The molecule has 8 nitrogen and oxygen atoms in total. The molecule has 1 fully saturated rings. The molecule has 0 atom stereocenters. The van der Waals surface area contributed by atoms with Gasteiger partial charge in [-0.05, 0) is 12.8 Å². The maximum absolute atomic E-state index is 12.3. The predicted molar refractivity (Wildman–Crippen MR) is 79.3 cm³/mol. The quantitative estimate of drug-likeness (QED) is 0.685. The van der Waals surface area contributed by atoms with E-state index in [9.17, 15) is 19.2 Å². The van der Waals surface area contributed by atoms with Gasteiger partial charge in [-0.25, -0.2) is 4.79 Å². The fourth-order valence-corrected chi connectivity index (χ4v) is 2.40. The van der Waals surface area contributed by atoms with Gasteiger partial charge in [0, 0.05) is 18.5 Å². The van der Waals surface area contributed by atoms with E-state index in [0.29, 0.717) is 12.8 Å². The van der Waals surface area contributed by atoms with Crippen LogP contribution in [0.15, 0.2) is 23.3 Å². The lowest BCUT2D eigenvalue weighted by Crippen LogP contribution is -2.46. The number of carbonyl (C=O) groups is 3. The van der Waals surface area contributed by atoms with E-state index in [-0.39, 0.29) is 11.1 Å². The smallest absolute Gasteiger partial charge is 0.325 e. The molecule has 3 N–H and O–H groups in total. The Morgan fingerprint density at radius 1 is 1.27 bits per heavy atom. The number of urea groups is 1. The van der Waals surface area contributed by atoms with Crippen LogP contribution in [0, 0.1) is 0 Å². The molecule has 0 spiro atoms. The Morgan fingerprint density at radius 2 is 1.95 bits per heavy atom. The SMILES string of the molecule is CCC1(CC)NC(=O)N(CC(=O)Nc2c[nH]ccc2=O)C1=O. The van der Waals surface area contributed by atoms with Crippen molar-refractivity contribution in [3.8, 4) is 0 Å². The van der Waals surface area contributed by atoms with Crippen molar-refractivity contribution < 1.29 is 14.4 Å². The summed E-state index contributed by atoms with van der Waals surface area (Å²) in [5.41, 5.74) is -1.24. The summed E-state index contributed by atoms with van der Waals surface area (Å²) in [5, 5.41) is 5.02. The zero-order chi connectivity index (χ0) is 16.3. The fourth-order valence-electron chi connectivity index (χ4n) is 2.40. The summed E-state index contributed by atoms with van der Waals surface area (Å²) in [6, 6.07) is 0.675. The summed E-state index contributed by atoms with van der Waals surface area (Å²) in [6.45, 7) is 3.17. The first kappa shape index (κ1) is 15.7. The number of aromatic nitrogens is 1. The van der Waals surface area contributed by atoms with E-state index in [4.69, 9.17) is 0 Å². The van der Waals surface area contributed by atoms with Crippen LogP contribution in [0.1, 0.15) is 26.7 Å². The molecule has 0 unspecified atom stereocenters. The van der Waals surface area contributed by atoms with Crippen molar-refractivity contribution in [3.63, 3.8) is 0 Å². The number of anilines is 1. The number of carbonyl (C=O) groups excluding carboxylic acids is 3. The van der Waals surface area contributed by atoms with Crippen molar-refractivity contribution in [2.75, 3.05) is 11.9 Å². The molecule has 0 aliphatic carbocycles. The molecular weight excluding hydrogens is 288 g/mol. The van der Waals surface area contributed by atoms with Crippen molar-refractivity contribution in [2.45, 2.75) is 32.2 Å². The van der Waals surface area contributed by atoms with Gasteiger partial charge >= 0.3 is 6.03 Å². The van der Waals surface area contributed by atoms with E-state index in [1.165, 1.54) is 18.5 Å². The maximum atomic E-state index is 12.3. The number of imide groups is 1. The molecule has 8 heteroatoms. The van der Waals surface area contributed by atoms with Crippen molar-refractivity contribution in [3.05, 3.63) is 28.7 Å². The monoisotopic (exact) mass is 306 g/mol. The lowest BCUT2D eigenvalue weighted by Gasteiger charge is -2.22. The zero-order valence-corrected chi connectivity index (χ0v) is 12.4. The second-order valence-corrected chi connectivity index (χ2v) is 5.08. The molecule has 2 heterocycles. The van der Waals surface area contributed by atoms with E-state index < -0.39 is 29.9 Å². The van der Waals surface area contributed by atoms with Crippen molar-refractivity contribution in [1.82, 2.24) is 15.2 Å². The molecule has 22 heavy (non-hydrogen) atoms. The Morgan fingerprint density at radius 3 is 2.50 bits per heavy atom. The molecule has 1 saturated heterocycles. The van der Waals surface area contributed by atoms with Crippen LogP contribution in [0.5, 0.6) is 0 Å². The Labute approximate surface area is 126 Å². The average Bonchev–Trinajstić information content (AvgIpc) is 2.74. The van der Waals surface area contributed by atoms with E-state index in [0.717, 1.165) is 4.90 Å². The molecule has 0 bridgehead atoms. The lowest BCUT2D eigenvalue weighted by molar-refractivity contribution is -0.134. The molecule has 118 valence electrons. The summed E-state index contributed by atoms with van der Waals surface area (Å²) in [5.74, 6) is -1.03. The zero-order valence-electron chi connectivity index (χ0n) is 12.4. The van der Waals surface area contributed by atoms with Gasteiger partial charge in [-0.15, -0.1) is 0 Å². The molecule has 0 aromatic carbocycles. The molecular formula is C14H18N4O4. The van der Waals surface area contributed by atoms with Gasteiger partial charge in [0.2, 0.25) is 11.3 Å². The van der Waals surface area contributed by atoms with Crippen LogP contribution >= 0.6 is 0 Å². The highest BCUT2D eigenvalue weighted by Gasteiger charge is 2.49. The normalized spacial score (nSPS) is 16.5. The third kappa shape index (κ3) is 2.72. The molecule has 0 radical (unpaired) electrons. The number of hydrogen-bond acceptors (Lipinski definition) is 4. The topological polar surface area (TPSA) is 111 Å². The highest BCUT2D eigenvalue weighted by atomic mass is 16.2. The first-order valence-electron chi connectivity index (χ1n) is 7.04. The highest BCUT2D eigenvalue weighted by molar-refractivity contribution is 6.10. The van der Waals surface area contributed by atoms with Gasteiger partial charge in [-0.2, -0.15) is 0 Å². The molecule has 1 aliphatic heterocycles.